The third-order valence-electron chi connectivity index (χ3n) is 5.35. The van der Waals surface area contributed by atoms with E-state index in [0.29, 0.717) is 13.2 Å². The summed E-state index contributed by atoms with van der Waals surface area (Å²) in [6, 6.07) is 16.3. The second kappa shape index (κ2) is 10.1. The van der Waals surface area contributed by atoms with Crippen molar-refractivity contribution in [1.29, 1.82) is 0 Å². The minimum absolute atomic E-state index is 0.0447. The fraction of sp³-hybridized carbons (Fsp3) is 0.400. The fourth-order valence-electron chi connectivity index (χ4n) is 3.62. The summed E-state index contributed by atoms with van der Waals surface area (Å²) in [6.45, 7) is 10.1. The third-order valence-corrected chi connectivity index (χ3v) is 5.35. The van der Waals surface area contributed by atoms with Crippen LogP contribution in [0.2, 0.25) is 0 Å². The van der Waals surface area contributed by atoms with Gasteiger partial charge in [-0.3, -0.25) is 0 Å². The van der Waals surface area contributed by atoms with Crippen molar-refractivity contribution < 1.29 is 14.3 Å². The first-order valence-electron chi connectivity index (χ1n) is 10.5. The lowest BCUT2D eigenvalue weighted by Crippen LogP contribution is -2.39. The van der Waals surface area contributed by atoms with E-state index >= 15 is 0 Å². The molecule has 0 bridgehead atoms. The minimum atomic E-state index is -0.220. The topological polar surface area (TPSA) is 38.8 Å². The van der Waals surface area contributed by atoms with Gasteiger partial charge in [0.15, 0.2) is 0 Å². The van der Waals surface area contributed by atoms with Crippen LogP contribution >= 0.6 is 0 Å². The first-order chi connectivity index (χ1) is 14.1. The summed E-state index contributed by atoms with van der Waals surface area (Å²) in [5, 5.41) is 0. The molecule has 4 heteroatoms. The standard InChI is InChI=1S/C25H31NO3/c1-4-5-16-28-25(27)26-15-9-12-22(26)18-29-24-14-13-19(2)17-23(24)20(3)21-10-7-6-8-11-21/h6-8,10-11,13-14,17,22H,3-5,9,12,15-16,18H2,1-2H3. The summed E-state index contributed by atoms with van der Waals surface area (Å²) in [7, 11) is 0. The number of benzene rings is 2. The molecular formula is C25H31NO3. The Balaban J connectivity index is 1.69. The molecule has 0 spiro atoms. The quantitative estimate of drug-likeness (QED) is 0.529. The Morgan fingerprint density at radius 2 is 2.00 bits per heavy atom. The highest BCUT2D eigenvalue weighted by molar-refractivity contribution is 5.81. The second-order valence-corrected chi connectivity index (χ2v) is 7.61. The van der Waals surface area contributed by atoms with Gasteiger partial charge in [-0.25, -0.2) is 4.79 Å². The van der Waals surface area contributed by atoms with Crippen LogP contribution in [0.15, 0.2) is 55.1 Å². The molecule has 1 unspecified atom stereocenters. The normalized spacial score (nSPS) is 15.9. The zero-order valence-corrected chi connectivity index (χ0v) is 17.5. The Hall–Kier alpha value is -2.75. The molecule has 0 saturated carbocycles. The van der Waals surface area contributed by atoms with Gasteiger partial charge >= 0.3 is 6.09 Å². The van der Waals surface area contributed by atoms with E-state index in [1.54, 1.807) is 0 Å². The van der Waals surface area contributed by atoms with Gasteiger partial charge in [0.25, 0.3) is 0 Å². The molecule has 1 amide bonds. The molecule has 4 nitrogen and oxygen atoms in total. The summed E-state index contributed by atoms with van der Waals surface area (Å²) in [5.41, 5.74) is 4.16. The van der Waals surface area contributed by atoms with Crippen molar-refractivity contribution in [3.05, 3.63) is 71.8 Å². The molecule has 0 radical (unpaired) electrons. The van der Waals surface area contributed by atoms with E-state index in [9.17, 15) is 4.79 Å². The van der Waals surface area contributed by atoms with Gasteiger partial charge < -0.3 is 14.4 Å². The van der Waals surface area contributed by atoms with E-state index in [-0.39, 0.29) is 12.1 Å². The van der Waals surface area contributed by atoms with Crippen molar-refractivity contribution in [2.24, 2.45) is 0 Å². The number of hydrogen-bond donors (Lipinski definition) is 0. The first-order valence-corrected chi connectivity index (χ1v) is 10.5. The average molecular weight is 394 g/mol. The molecule has 1 aliphatic rings. The fourth-order valence-corrected chi connectivity index (χ4v) is 3.62. The number of hydrogen-bond acceptors (Lipinski definition) is 3. The van der Waals surface area contributed by atoms with Gasteiger partial charge in [0.1, 0.15) is 12.4 Å². The number of ether oxygens (including phenoxy) is 2. The summed E-state index contributed by atoms with van der Waals surface area (Å²) in [6.07, 6.45) is 3.61. The number of aryl methyl sites for hydroxylation is 1. The lowest BCUT2D eigenvalue weighted by atomic mass is 9.97. The lowest BCUT2D eigenvalue weighted by Gasteiger charge is -2.25. The van der Waals surface area contributed by atoms with Crippen molar-refractivity contribution in [2.45, 2.75) is 45.6 Å². The number of amides is 1. The number of unbranched alkanes of at least 4 members (excludes halogenated alkanes) is 1. The van der Waals surface area contributed by atoms with Crippen LogP contribution in [0.4, 0.5) is 4.79 Å². The van der Waals surface area contributed by atoms with Gasteiger partial charge in [-0.05, 0) is 49.5 Å². The maximum absolute atomic E-state index is 12.4. The predicted molar refractivity (Wildman–Crippen MR) is 117 cm³/mol. The van der Waals surface area contributed by atoms with Crippen LogP contribution in [-0.2, 0) is 4.74 Å². The second-order valence-electron chi connectivity index (χ2n) is 7.61. The monoisotopic (exact) mass is 393 g/mol. The van der Waals surface area contributed by atoms with Crippen LogP contribution in [-0.4, -0.2) is 36.8 Å². The molecule has 29 heavy (non-hydrogen) atoms. The van der Waals surface area contributed by atoms with E-state index in [4.69, 9.17) is 9.47 Å². The molecule has 1 aliphatic heterocycles. The molecule has 0 aliphatic carbocycles. The third kappa shape index (κ3) is 5.41. The highest BCUT2D eigenvalue weighted by Gasteiger charge is 2.30. The van der Waals surface area contributed by atoms with E-state index in [2.05, 4.69) is 38.6 Å². The Bertz CT molecular complexity index is 831. The van der Waals surface area contributed by atoms with Crippen molar-refractivity contribution in [3.8, 4) is 5.75 Å². The molecule has 1 heterocycles. The minimum Gasteiger partial charge on any atom is -0.491 e. The summed E-state index contributed by atoms with van der Waals surface area (Å²) < 4.78 is 11.6. The molecule has 1 atom stereocenters. The van der Waals surface area contributed by atoms with Crippen LogP contribution in [0.3, 0.4) is 0 Å². The number of carbonyl (C=O) groups excluding carboxylic acids is 1. The summed E-state index contributed by atoms with van der Waals surface area (Å²) >= 11 is 0. The largest absolute Gasteiger partial charge is 0.491 e. The molecule has 2 aromatic carbocycles. The molecular weight excluding hydrogens is 362 g/mol. The molecule has 154 valence electrons. The van der Waals surface area contributed by atoms with Gasteiger partial charge in [0.05, 0.1) is 12.6 Å². The number of nitrogens with zero attached hydrogens (tertiary/aromatic N) is 1. The van der Waals surface area contributed by atoms with E-state index in [0.717, 1.165) is 60.2 Å². The van der Waals surface area contributed by atoms with Crippen LogP contribution in [0.1, 0.15) is 49.3 Å². The zero-order chi connectivity index (χ0) is 20.6. The van der Waals surface area contributed by atoms with Crippen LogP contribution in [0, 0.1) is 6.92 Å². The maximum Gasteiger partial charge on any atom is 0.410 e. The smallest absolute Gasteiger partial charge is 0.410 e. The molecule has 1 fully saturated rings. The maximum atomic E-state index is 12.4. The molecule has 1 saturated heterocycles. The van der Waals surface area contributed by atoms with Gasteiger partial charge in [-0.15, -0.1) is 0 Å². The highest BCUT2D eigenvalue weighted by atomic mass is 16.6. The van der Waals surface area contributed by atoms with Crippen LogP contribution < -0.4 is 4.74 Å². The predicted octanol–water partition coefficient (Wildman–Crippen LogP) is 5.84. The molecule has 2 aromatic rings. The van der Waals surface area contributed by atoms with E-state index < -0.39 is 0 Å². The van der Waals surface area contributed by atoms with Crippen molar-refractivity contribution in [2.75, 3.05) is 19.8 Å². The van der Waals surface area contributed by atoms with E-state index in [1.165, 1.54) is 0 Å². The number of rotatable bonds is 8. The summed E-state index contributed by atoms with van der Waals surface area (Å²) in [5.74, 6) is 0.802. The van der Waals surface area contributed by atoms with Crippen LogP contribution in [0.25, 0.3) is 5.57 Å². The zero-order valence-electron chi connectivity index (χ0n) is 17.5. The molecule has 0 aromatic heterocycles. The van der Waals surface area contributed by atoms with Crippen molar-refractivity contribution >= 4 is 11.7 Å². The highest BCUT2D eigenvalue weighted by Crippen LogP contribution is 2.31. The van der Waals surface area contributed by atoms with Gasteiger partial charge in [-0.2, -0.15) is 0 Å². The van der Waals surface area contributed by atoms with Gasteiger partial charge in [-0.1, -0.05) is 61.9 Å². The lowest BCUT2D eigenvalue weighted by molar-refractivity contribution is 0.0866. The summed E-state index contributed by atoms with van der Waals surface area (Å²) in [4.78, 5) is 14.2. The van der Waals surface area contributed by atoms with Gasteiger partial charge in [0, 0.05) is 12.1 Å². The van der Waals surface area contributed by atoms with Crippen molar-refractivity contribution in [3.63, 3.8) is 0 Å². The van der Waals surface area contributed by atoms with E-state index in [1.807, 2.05) is 35.2 Å². The number of likely N-dealkylation sites (tertiary alicyclic amines) is 1. The molecule has 3 rings (SSSR count). The van der Waals surface area contributed by atoms with Crippen molar-refractivity contribution in [1.82, 2.24) is 4.90 Å². The first kappa shape index (κ1) is 21.0. The SMILES string of the molecule is C=C(c1ccccc1)c1cc(C)ccc1OCC1CCCN1C(=O)OCCCC. The number of carbonyl (C=O) groups is 1. The average Bonchev–Trinajstić information content (AvgIpc) is 3.22. The van der Waals surface area contributed by atoms with Crippen LogP contribution in [0.5, 0.6) is 5.75 Å². The van der Waals surface area contributed by atoms with Gasteiger partial charge in [0.2, 0.25) is 0 Å². The Morgan fingerprint density at radius 3 is 2.76 bits per heavy atom. The Morgan fingerprint density at radius 1 is 1.21 bits per heavy atom. The Labute approximate surface area is 174 Å². The Kier molecular flexibility index (Phi) is 7.34. The molecule has 0 N–H and O–H groups in total.